The lowest BCUT2D eigenvalue weighted by Crippen LogP contribution is -2.54. The summed E-state index contributed by atoms with van der Waals surface area (Å²) in [5, 5.41) is 9.40. The summed E-state index contributed by atoms with van der Waals surface area (Å²) in [4.78, 5) is 27.5. The van der Waals surface area contributed by atoms with E-state index in [0.29, 0.717) is 18.7 Å². The van der Waals surface area contributed by atoms with Crippen molar-refractivity contribution in [2.24, 2.45) is 7.05 Å². The van der Waals surface area contributed by atoms with Crippen LogP contribution in [-0.2, 0) is 11.8 Å². The van der Waals surface area contributed by atoms with Gasteiger partial charge >= 0.3 is 5.97 Å². The molecular formula is C14H21N3O3. The van der Waals surface area contributed by atoms with Crippen molar-refractivity contribution in [3.8, 4) is 0 Å². The summed E-state index contributed by atoms with van der Waals surface area (Å²) in [5.74, 6) is -1.14. The second-order valence-electron chi connectivity index (χ2n) is 5.50. The minimum absolute atomic E-state index is 0.202. The van der Waals surface area contributed by atoms with E-state index in [1.54, 1.807) is 29.9 Å². The molecule has 20 heavy (non-hydrogen) atoms. The summed E-state index contributed by atoms with van der Waals surface area (Å²) in [7, 11) is 5.67. The number of hydrogen-bond donors (Lipinski definition) is 1. The highest BCUT2D eigenvalue weighted by molar-refractivity contribution is 5.95. The van der Waals surface area contributed by atoms with Crippen LogP contribution in [-0.4, -0.2) is 64.1 Å². The number of likely N-dealkylation sites (tertiary alicyclic amines) is 1. The normalized spacial score (nSPS) is 23.1. The first-order valence-electron chi connectivity index (χ1n) is 6.73. The van der Waals surface area contributed by atoms with Crippen LogP contribution in [0.1, 0.15) is 23.3 Å². The smallest absolute Gasteiger partial charge is 0.326 e. The van der Waals surface area contributed by atoms with Crippen LogP contribution in [0.25, 0.3) is 0 Å². The highest BCUT2D eigenvalue weighted by atomic mass is 16.4. The molecule has 2 rings (SSSR count). The Morgan fingerprint density at radius 1 is 1.40 bits per heavy atom. The Bertz CT molecular complexity index is 510. The molecule has 0 radical (unpaired) electrons. The predicted molar refractivity (Wildman–Crippen MR) is 74.6 cm³/mol. The third-order valence-electron chi connectivity index (χ3n) is 4.01. The Kier molecular flexibility index (Phi) is 4.13. The summed E-state index contributed by atoms with van der Waals surface area (Å²) in [6.07, 6.45) is 3.06. The first-order chi connectivity index (χ1) is 9.41. The summed E-state index contributed by atoms with van der Waals surface area (Å²) < 4.78 is 1.72. The molecule has 1 amide bonds. The lowest BCUT2D eigenvalue weighted by atomic mass is 9.96. The van der Waals surface area contributed by atoms with Crippen molar-refractivity contribution in [3.05, 3.63) is 24.0 Å². The molecule has 0 bridgehead atoms. The number of hydrogen-bond acceptors (Lipinski definition) is 3. The summed E-state index contributed by atoms with van der Waals surface area (Å²) in [6, 6.07) is 2.96. The molecule has 0 aliphatic carbocycles. The van der Waals surface area contributed by atoms with Crippen molar-refractivity contribution in [3.63, 3.8) is 0 Å². The zero-order chi connectivity index (χ0) is 14.9. The lowest BCUT2D eigenvalue weighted by Gasteiger charge is -2.39. The number of rotatable bonds is 3. The molecule has 0 spiro atoms. The van der Waals surface area contributed by atoms with Gasteiger partial charge in [0, 0.05) is 25.8 Å². The average Bonchev–Trinajstić information content (AvgIpc) is 2.83. The van der Waals surface area contributed by atoms with Crippen molar-refractivity contribution >= 4 is 11.9 Å². The van der Waals surface area contributed by atoms with E-state index >= 15 is 0 Å². The lowest BCUT2D eigenvalue weighted by molar-refractivity contribution is -0.144. The number of carboxylic acid groups (broad SMARTS) is 1. The van der Waals surface area contributed by atoms with Crippen LogP contribution < -0.4 is 0 Å². The van der Waals surface area contributed by atoms with E-state index in [2.05, 4.69) is 0 Å². The molecule has 6 nitrogen and oxygen atoms in total. The Morgan fingerprint density at radius 2 is 2.10 bits per heavy atom. The van der Waals surface area contributed by atoms with Crippen LogP contribution in [0.2, 0.25) is 0 Å². The Labute approximate surface area is 118 Å². The van der Waals surface area contributed by atoms with Gasteiger partial charge in [0.1, 0.15) is 11.7 Å². The third-order valence-corrected chi connectivity index (χ3v) is 4.01. The standard InChI is InChI=1S/C14H21N3O3/c1-15(2)10-6-8-17(12(9-10)14(19)20)13(18)11-5-4-7-16(11)3/h4-5,7,10,12H,6,8-9H2,1-3H3,(H,19,20)/t10-,12-/m1/s1. The number of aliphatic carboxylic acids is 1. The second-order valence-corrected chi connectivity index (χ2v) is 5.50. The van der Waals surface area contributed by atoms with Crippen LogP contribution >= 0.6 is 0 Å². The van der Waals surface area contributed by atoms with Gasteiger partial charge in [-0.2, -0.15) is 0 Å². The van der Waals surface area contributed by atoms with Gasteiger partial charge in [0.25, 0.3) is 5.91 Å². The first-order valence-corrected chi connectivity index (χ1v) is 6.73. The number of amides is 1. The van der Waals surface area contributed by atoms with Gasteiger partial charge in [0.15, 0.2) is 0 Å². The Morgan fingerprint density at radius 3 is 2.60 bits per heavy atom. The molecule has 0 unspecified atom stereocenters. The number of piperidine rings is 1. The van der Waals surface area contributed by atoms with Gasteiger partial charge in [-0.25, -0.2) is 4.79 Å². The first kappa shape index (κ1) is 14.6. The molecule has 1 saturated heterocycles. The minimum atomic E-state index is -0.931. The minimum Gasteiger partial charge on any atom is -0.480 e. The van der Waals surface area contributed by atoms with Crippen molar-refractivity contribution in [2.75, 3.05) is 20.6 Å². The van der Waals surface area contributed by atoms with E-state index in [1.807, 2.05) is 19.0 Å². The van der Waals surface area contributed by atoms with Crippen molar-refractivity contribution in [1.82, 2.24) is 14.4 Å². The molecule has 1 aromatic rings. The molecule has 2 atom stereocenters. The van der Waals surface area contributed by atoms with E-state index in [4.69, 9.17) is 0 Å². The quantitative estimate of drug-likeness (QED) is 0.882. The fourth-order valence-corrected chi connectivity index (χ4v) is 2.72. The summed E-state index contributed by atoms with van der Waals surface area (Å²) in [5.41, 5.74) is 0.527. The van der Waals surface area contributed by atoms with Crippen molar-refractivity contribution < 1.29 is 14.7 Å². The van der Waals surface area contributed by atoms with E-state index in [0.717, 1.165) is 6.42 Å². The SMILES string of the molecule is CN(C)[C@@H]1CCN(C(=O)c2cccn2C)[C@@H](C(=O)O)C1. The van der Waals surface area contributed by atoms with Crippen LogP contribution in [0.4, 0.5) is 0 Å². The zero-order valence-corrected chi connectivity index (χ0v) is 12.1. The molecule has 110 valence electrons. The van der Waals surface area contributed by atoms with E-state index in [9.17, 15) is 14.7 Å². The van der Waals surface area contributed by atoms with E-state index in [-0.39, 0.29) is 11.9 Å². The van der Waals surface area contributed by atoms with Gasteiger partial charge in [0.05, 0.1) is 0 Å². The predicted octanol–water partition coefficient (Wildman–Crippen LogP) is 0.644. The molecule has 6 heteroatoms. The molecule has 0 aromatic carbocycles. The maximum absolute atomic E-state index is 12.5. The highest BCUT2D eigenvalue weighted by Crippen LogP contribution is 2.23. The van der Waals surface area contributed by atoms with Gasteiger partial charge in [-0.15, -0.1) is 0 Å². The van der Waals surface area contributed by atoms with Gasteiger partial charge in [-0.3, -0.25) is 4.79 Å². The van der Waals surface area contributed by atoms with E-state index in [1.165, 1.54) is 4.90 Å². The highest BCUT2D eigenvalue weighted by Gasteiger charge is 2.37. The van der Waals surface area contributed by atoms with Gasteiger partial charge in [-0.05, 0) is 39.1 Å². The van der Waals surface area contributed by atoms with Crippen LogP contribution in [0.5, 0.6) is 0 Å². The summed E-state index contributed by atoms with van der Waals surface area (Å²) in [6.45, 7) is 0.476. The molecule has 1 aliphatic rings. The fraction of sp³-hybridized carbons (Fsp3) is 0.571. The zero-order valence-electron chi connectivity index (χ0n) is 12.1. The number of carbonyl (C=O) groups excluding carboxylic acids is 1. The Hall–Kier alpha value is -1.82. The average molecular weight is 279 g/mol. The second kappa shape index (κ2) is 5.66. The monoisotopic (exact) mass is 279 g/mol. The van der Waals surface area contributed by atoms with Crippen LogP contribution in [0.15, 0.2) is 18.3 Å². The molecule has 1 aromatic heterocycles. The van der Waals surface area contributed by atoms with Crippen LogP contribution in [0.3, 0.4) is 0 Å². The number of aryl methyl sites for hydroxylation is 1. The number of carboxylic acids is 1. The molecule has 1 fully saturated rings. The maximum Gasteiger partial charge on any atom is 0.326 e. The molecule has 2 heterocycles. The van der Waals surface area contributed by atoms with Gasteiger partial charge in [-0.1, -0.05) is 0 Å². The molecular weight excluding hydrogens is 258 g/mol. The number of nitrogens with zero attached hydrogens (tertiary/aromatic N) is 3. The van der Waals surface area contributed by atoms with Gasteiger partial charge in [0.2, 0.25) is 0 Å². The molecule has 0 saturated carbocycles. The Balaban J connectivity index is 2.20. The molecule has 1 aliphatic heterocycles. The fourth-order valence-electron chi connectivity index (χ4n) is 2.72. The number of aromatic nitrogens is 1. The number of carbonyl (C=O) groups is 2. The maximum atomic E-state index is 12.5. The van der Waals surface area contributed by atoms with Gasteiger partial charge < -0.3 is 19.5 Å². The van der Waals surface area contributed by atoms with Crippen molar-refractivity contribution in [2.45, 2.75) is 24.9 Å². The summed E-state index contributed by atoms with van der Waals surface area (Å²) >= 11 is 0. The van der Waals surface area contributed by atoms with Crippen molar-refractivity contribution in [1.29, 1.82) is 0 Å². The topological polar surface area (TPSA) is 65.8 Å². The molecule has 1 N–H and O–H groups in total. The largest absolute Gasteiger partial charge is 0.480 e. The van der Waals surface area contributed by atoms with E-state index < -0.39 is 12.0 Å². The third kappa shape index (κ3) is 2.70. The van der Waals surface area contributed by atoms with Crippen LogP contribution in [0, 0.1) is 0 Å².